The van der Waals surface area contributed by atoms with E-state index in [9.17, 15) is 0 Å². The van der Waals surface area contributed by atoms with Gasteiger partial charge in [0.1, 0.15) is 0 Å². The summed E-state index contributed by atoms with van der Waals surface area (Å²) in [7, 11) is 0. The van der Waals surface area contributed by atoms with Crippen molar-refractivity contribution in [1.82, 2.24) is 4.98 Å². The molecule has 0 aliphatic carbocycles. The fourth-order valence-corrected chi connectivity index (χ4v) is 2.91. The molecule has 4 aromatic rings. The number of benzene rings is 3. The molecule has 0 spiro atoms. The third-order valence-electron chi connectivity index (χ3n) is 4.22. The van der Waals surface area contributed by atoms with Gasteiger partial charge < -0.3 is 0 Å². The number of aryl methyl sites for hydroxylation is 1. The second-order valence-corrected chi connectivity index (χ2v) is 6.05. The van der Waals surface area contributed by atoms with Gasteiger partial charge in [0.2, 0.25) is 0 Å². The van der Waals surface area contributed by atoms with Gasteiger partial charge in [-0.1, -0.05) is 72.8 Å². The molecule has 126 valence electrons. The van der Waals surface area contributed by atoms with Crippen molar-refractivity contribution >= 4 is 0 Å². The van der Waals surface area contributed by atoms with E-state index in [-0.39, 0.29) is 5.56 Å². The summed E-state index contributed by atoms with van der Waals surface area (Å²) in [4.78, 5) is 4.44. The molecule has 4 rings (SSSR count). The van der Waals surface area contributed by atoms with Crippen LogP contribution in [0.3, 0.4) is 0 Å². The van der Waals surface area contributed by atoms with Gasteiger partial charge in [0.05, 0.1) is 5.69 Å². The summed E-state index contributed by atoms with van der Waals surface area (Å²) >= 11 is 0. The average Bonchev–Trinajstić information content (AvgIpc) is 2.79. The minimum Gasteiger partial charge on any atom is -0.256 e. The molecular formula is C25H21N. The molecular weight excluding hydrogens is 314 g/mol. The Hall–Kier alpha value is -3.19. The van der Waals surface area contributed by atoms with Crippen molar-refractivity contribution in [2.45, 2.75) is 13.2 Å². The summed E-state index contributed by atoms with van der Waals surface area (Å²) in [5.41, 5.74) is 4.09. The van der Waals surface area contributed by atoms with Crippen LogP contribution < -0.4 is 0 Å². The number of aromatic nitrogens is 1. The normalized spacial score (nSPS) is 14.5. The molecule has 0 N–H and O–H groups in total. The van der Waals surface area contributed by atoms with Gasteiger partial charge >= 0.3 is 0 Å². The topological polar surface area (TPSA) is 12.9 Å². The van der Waals surface area contributed by atoms with Crippen LogP contribution in [0.5, 0.6) is 0 Å². The predicted molar refractivity (Wildman–Crippen MR) is 109 cm³/mol. The van der Waals surface area contributed by atoms with Crippen molar-refractivity contribution in [3.63, 3.8) is 0 Å². The fourth-order valence-electron chi connectivity index (χ4n) is 2.91. The molecule has 0 aliphatic heterocycles. The van der Waals surface area contributed by atoms with E-state index in [1.807, 2.05) is 54.6 Å². The van der Waals surface area contributed by atoms with Gasteiger partial charge in [-0.25, -0.2) is 0 Å². The van der Waals surface area contributed by atoms with E-state index in [0.29, 0.717) is 22.4 Å². The van der Waals surface area contributed by atoms with E-state index in [4.69, 9.17) is 6.85 Å². The van der Waals surface area contributed by atoms with Crippen molar-refractivity contribution in [2.75, 3.05) is 0 Å². The molecule has 0 aliphatic rings. The smallest absolute Gasteiger partial charge is 0.0705 e. The largest absolute Gasteiger partial charge is 0.256 e. The third-order valence-corrected chi connectivity index (χ3v) is 4.22. The highest BCUT2D eigenvalue weighted by molar-refractivity contribution is 5.74. The average molecular weight is 340 g/mol. The maximum Gasteiger partial charge on any atom is 0.0705 e. The second-order valence-electron chi connectivity index (χ2n) is 6.05. The Balaban J connectivity index is 1.82. The molecule has 0 atom stereocenters. The molecule has 0 unspecified atom stereocenters. The molecule has 1 aromatic heterocycles. The molecule has 0 bridgehead atoms. The van der Waals surface area contributed by atoms with Gasteiger partial charge in [0.15, 0.2) is 0 Å². The molecule has 0 radical (unpaired) electrons. The first-order chi connectivity index (χ1) is 14.8. The van der Waals surface area contributed by atoms with E-state index in [1.165, 1.54) is 0 Å². The van der Waals surface area contributed by atoms with Crippen LogP contribution in [0.1, 0.15) is 23.5 Å². The number of nitrogens with zero attached hydrogens (tertiary/aromatic N) is 1. The maximum atomic E-state index is 8.62. The van der Waals surface area contributed by atoms with Crippen LogP contribution in [0, 0.1) is 6.85 Å². The first-order valence-electron chi connectivity index (χ1n) is 11.0. The number of hydrogen-bond donors (Lipinski definition) is 0. The summed E-state index contributed by atoms with van der Waals surface area (Å²) in [6.07, 6.45) is -0.0921. The van der Waals surface area contributed by atoms with Crippen molar-refractivity contribution in [3.8, 4) is 22.4 Å². The van der Waals surface area contributed by atoms with Crippen LogP contribution in [0.4, 0.5) is 0 Å². The van der Waals surface area contributed by atoms with E-state index in [1.54, 1.807) is 42.6 Å². The van der Waals surface area contributed by atoms with Gasteiger partial charge in [-0.3, -0.25) is 4.98 Å². The molecule has 1 heterocycles. The first kappa shape index (κ1) is 11.4. The second kappa shape index (κ2) is 7.37. The SMILES string of the molecule is [2H]C([2H])([2H])c1ccc(-c2cc(C([2H])([2H])c3ccccc3)ccn2)cc1-c1ccccc1. The van der Waals surface area contributed by atoms with Crippen LogP contribution in [0.2, 0.25) is 0 Å². The van der Waals surface area contributed by atoms with Crippen molar-refractivity contribution in [2.24, 2.45) is 0 Å². The van der Waals surface area contributed by atoms with Gasteiger partial charge in [-0.05, 0) is 59.2 Å². The highest BCUT2D eigenvalue weighted by Gasteiger charge is 2.07. The van der Waals surface area contributed by atoms with E-state index < -0.39 is 13.2 Å². The van der Waals surface area contributed by atoms with Gasteiger partial charge in [0, 0.05) is 18.6 Å². The van der Waals surface area contributed by atoms with Gasteiger partial charge in [-0.2, -0.15) is 0 Å². The van der Waals surface area contributed by atoms with E-state index in [0.717, 1.165) is 11.1 Å². The zero-order valence-electron chi connectivity index (χ0n) is 19.2. The molecule has 26 heavy (non-hydrogen) atoms. The highest BCUT2D eigenvalue weighted by Crippen LogP contribution is 2.29. The zero-order chi connectivity index (χ0) is 22.1. The summed E-state index contributed by atoms with van der Waals surface area (Å²) in [6, 6.07) is 27.0. The van der Waals surface area contributed by atoms with E-state index in [2.05, 4.69) is 4.98 Å². The van der Waals surface area contributed by atoms with E-state index >= 15 is 0 Å². The summed E-state index contributed by atoms with van der Waals surface area (Å²) in [6.45, 7) is -2.25. The Kier molecular flexibility index (Phi) is 3.24. The summed E-state index contributed by atoms with van der Waals surface area (Å²) in [5.74, 6) is 0. The van der Waals surface area contributed by atoms with Crippen LogP contribution in [-0.4, -0.2) is 4.98 Å². The van der Waals surface area contributed by atoms with Crippen molar-refractivity contribution in [3.05, 3.63) is 114 Å². The third kappa shape index (κ3) is 3.57. The van der Waals surface area contributed by atoms with Crippen LogP contribution >= 0.6 is 0 Å². The Morgan fingerprint density at radius 3 is 2.31 bits per heavy atom. The lowest BCUT2D eigenvalue weighted by molar-refractivity contribution is 1.16. The molecule has 0 saturated heterocycles. The molecule has 0 amide bonds. The monoisotopic (exact) mass is 340 g/mol. The lowest BCUT2D eigenvalue weighted by atomic mass is 9.96. The summed E-state index contributed by atoms with van der Waals surface area (Å²) < 4.78 is 41.0. The quantitative estimate of drug-likeness (QED) is 0.424. The number of hydrogen-bond acceptors (Lipinski definition) is 1. The van der Waals surface area contributed by atoms with Gasteiger partial charge in [0.25, 0.3) is 0 Å². The van der Waals surface area contributed by atoms with Crippen LogP contribution in [0.25, 0.3) is 22.4 Å². The lowest BCUT2D eigenvalue weighted by Crippen LogP contribution is -1.92. The number of pyridine rings is 1. The maximum absolute atomic E-state index is 8.62. The Morgan fingerprint density at radius 2 is 1.54 bits per heavy atom. The summed E-state index contributed by atoms with van der Waals surface area (Å²) in [5, 5.41) is 0. The Bertz CT molecular complexity index is 1190. The first-order valence-corrected chi connectivity index (χ1v) is 8.49. The fraction of sp³-hybridized carbons (Fsp3) is 0.0800. The minimum atomic E-state index is -2.25. The molecule has 0 fully saturated rings. The highest BCUT2D eigenvalue weighted by atomic mass is 14.7. The predicted octanol–water partition coefficient (Wildman–Crippen LogP) is 6.31. The Labute approximate surface area is 162 Å². The molecule has 0 saturated carbocycles. The molecule has 1 nitrogen and oxygen atoms in total. The van der Waals surface area contributed by atoms with Gasteiger partial charge in [-0.15, -0.1) is 0 Å². The van der Waals surface area contributed by atoms with Crippen molar-refractivity contribution in [1.29, 1.82) is 0 Å². The lowest BCUT2D eigenvalue weighted by Gasteiger charge is -2.10. The van der Waals surface area contributed by atoms with Crippen LogP contribution in [0.15, 0.2) is 97.2 Å². The van der Waals surface area contributed by atoms with Crippen LogP contribution in [-0.2, 0) is 6.37 Å². The number of rotatable bonds is 4. The minimum absolute atomic E-state index is 0.276. The van der Waals surface area contributed by atoms with Crippen molar-refractivity contribution < 1.29 is 6.85 Å². The molecule has 1 heteroatoms. The standard InChI is InChI=1S/C25H21N/c1-19-12-13-23(18-24(19)22-10-6-3-7-11-22)25-17-21(14-15-26-25)16-20-8-4-2-5-9-20/h2-15,17-18H,16H2,1H3/i1D3,16D2. The zero-order valence-corrected chi connectivity index (χ0v) is 14.2. The Morgan fingerprint density at radius 1 is 0.769 bits per heavy atom. The molecule has 3 aromatic carbocycles.